The van der Waals surface area contributed by atoms with Crippen molar-refractivity contribution < 1.29 is 24.2 Å². The standard InChI is InChI=1S/C16H13NO5/c17-15(18)10-3-1-2-9(6-10)11-7-12(16(19)20)14-13(8-11)21-4-5-22-14/h1-3,6-8H,4-5H2,(H2,17,18)(H,19,20). The molecule has 3 N–H and O–H groups in total. The molecule has 2 aromatic carbocycles. The average molecular weight is 299 g/mol. The van der Waals surface area contributed by atoms with Gasteiger partial charge in [0.1, 0.15) is 18.8 Å². The maximum absolute atomic E-state index is 11.4. The summed E-state index contributed by atoms with van der Waals surface area (Å²) in [6.45, 7) is 0.667. The van der Waals surface area contributed by atoms with Crippen molar-refractivity contribution in [2.24, 2.45) is 5.73 Å². The zero-order valence-electron chi connectivity index (χ0n) is 11.5. The van der Waals surface area contributed by atoms with Crippen LogP contribution in [0.5, 0.6) is 11.5 Å². The van der Waals surface area contributed by atoms with Crippen LogP contribution in [0.3, 0.4) is 0 Å². The van der Waals surface area contributed by atoms with Gasteiger partial charge in [0.2, 0.25) is 5.91 Å². The van der Waals surface area contributed by atoms with E-state index in [-0.39, 0.29) is 11.3 Å². The molecule has 1 aliphatic rings. The van der Waals surface area contributed by atoms with Crippen molar-refractivity contribution in [1.82, 2.24) is 0 Å². The van der Waals surface area contributed by atoms with Gasteiger partial charge in [0, 0.05) is 5.56 Å². The summed E-state index contributed by atoms with van der Waals surface area (Å²) in [5, 5.41) is 9.35. The summed E-state index contributed by atoms with van der Waals surface area (Å²) in [5.74, 6) is -1.04. The Balaban J connectivity index is 2.15. The number of primary amides is 1. The highest BCUT2D eigenvalue weighted by molar-refractivity contribution is 5.96. The van der Waals surface area contributed by atoms with Gasteiger partial charge < -0.3 is 20.3 Å². The molecule has 0 spiro atoms. The van der Waals surface area contributed by atoms with Crippen molar-refractivity contribution in [3.63, 3.8) is 0 Å². The van der Waals surface area contributed by atoms with Crippen LogP contribution in [0.4, 0.5) is 0 Å². The lowest BCUT2D eigenvalue weighted by Gasteiger charge is -2.21. The van der Waals surface area contributed by atoms with Crippen molar-refractivity contribution in [1.29, 1.82) is 0 Å². The van der Waals surface area contributed by atoms with E-state index in [0.717, 1.165) is 0 Å². The van der Waals surface area contributed by atoms with E-state index in [2.05, 4.69) is 0 Å². The Morgan fingerprint density at radius 1 is 1.05 bits per heavy atom. The molecule has 0 unspecified atom stereocenters. The molecule has 0 radical (unpaired) electrons. The van der Waals surface area contributed by atoms with Gasteiger partial charge in [-0.05, 0) is 35.4 Å². The zero-order chi connectivity index (χ0) is 15.7. The Morgan fingerprint density at radius 3 is 2.55 bits per heavy atom. The van der Waals surface area contributed by atoms with Gasteiger partial charge in [0.15, 0.2) is 11.5 Å². The molecule has 112 valence electrons. The lowest BCUT2D eigenvalue weighted by Crippen LogP contribution is -2.18. The number of fused-ring (bicyclic) bond motifs is 1. The van der Waals surface area contributed by atoms with Crippen LogP contribution in [0.25, 0.3) is 11.1 Å². The number of amides is 1. The van der Waals surface area contributed by atoms with Gasteiger partial charge in [-0.25, -0.2) is 4.79 Å². The van der Waals surface area contributed by atoms with Crippen molar-refractivity contribution in [3.05, 3.63) is 47.5 Å². The molecular weight excluding hydrogens is 286 g/mol. The fourth-order valence-electron chi connectivity index (χ4n) is 2.33. The number of rotatable bonds is 3. The topological polar surface area (TPSA) is 98.9 Å². The fraction of sp³-hybridized carbons (Fsp3) is 0.125. The van der Waals surface area contributed by atoms with Crippen LogP contribution in [0.2, 0.25) is 0 Å². The lowest BCUT2D eigenvalue weighted by atomic mass is 9.99. The molecule has 0 aliphatic carbocycles. The summed E-state index contributed by atoms with van der Waals surface area (Å²) in [6.07, 6.45) is 0. The predicted molar refractivity (Wildman–Crippen MR) is 78.3 cm³/mol. The number of aromatic carboxylic acids is 1. The Morgan fingerprint density at radius 2 is 1.82 bits per heavy atom. The Labute approximate surface area is 126 Å². The molecule has 3 rings (SSSR count). The molecule has 0 fully saturated rings. The molecular formula is C16H13NO5. The van der Waals surface area contributed by atoms with Crippen LogP contribution in [0.15, 0.2) is 36.4 Å². The minimum Gasteiger partial charge on any atom is -0.486 e. The van der Waals surface area contributed by atoms with E-state index in [4.69, 9.17) is 15.2 Å². The Bertz CT molecular complexity index is 769. The average Bonchev–Trinajstić information content (AvgIpc) is 2.53. The SMILES string of the molecule is NC(=O)c1cccc(-c2cc3c(c(C(=O)O)c2)OCCO3)c1. The van der Waals surface area contributed by atoms with Crippen molar-refractivity contribution >= 4 is 11.9 Å². The van der Waals surface area contributed by atoms with Crippen LogP contribution in [-0.2, 0) is 0 Å². The van der Waals surface area contributed by atoms with Crippen LogP contribution in [0, 0.1) is 0 Å². The van der Waals surface area contributed by atoms with E-state index < -0.39 is 11.9 Å². The number of hydrogen-bond acceptors (Lipinski definition) is 4. The number of carbonyl (C=O) groups is 2. The highest BCUT2D eigenvalue weighted by Crippen LogP contribution is 2.38. The van der Waals surface area contributed by atoms with Crippen molar-refractivity contribution in [3.8, 4) is 22.6 Å². The second kappa shape index (κ2) is 5.40. The lowest BCUT2D eigenvalue weighted by molar-refractivity contribution is 0.0686. The van der Waals surface area contributed by atoms with Crippen molar-refractivity contribution in [2.45, 2.75) is 0 Å². The van der Waals surface area contributed by atoms with Crippen molar-refractivity contribution in [2.75, 3.05) is 13.2 Å². The third kappa shape index (κ3) is 2.46. The van der Waals surface area contributed by atoms with Crippen LogP contribution < -0.4 is 15.2 Å². The first kappa shape index (κ1) is 13.9. The first-order chi connectivity index (χ1) is 10.6. The number of carboxylic acids is 1. The number of benzene rings is 2. The third-order valence-electron chi connectivity index (χ3n) is 3.35. The van der Waals surface area contributed by atoms with Gasteiger partial charge in [0.05, 0.1) is 0 Å². The second-order valence-corrected chi connectivity index (χ2v) is 4.80. The number of hydrogen-bond donors (Lipinski definition) is 2. The number of carboxylic acid groups (broad SMARTS) is 1. The molecule has 0 saturated heterocycles. The van der Waals surface area contributed by atoms with E-state index in [1.807, 2.05) is 0 Å². The quantitative estimate of drug-likeness (QED) is 0.902. The summed E-state index contributed by atoms with van der Waals surface area (Å²) < 4.78 is 10.9. The van der Waals surface area contributed by atoms with Gasteiger partial charge in [-0.1, -0.05) is 12.1 Å². The Kier molecular flexibility index (Phi) is 3.42. The molecule has 0 bridgehead atoms. The maximum atomic E-state index is 11.4. The molecule has 1 heterocycles. The van der Waals surface area contributed by atoms with Gasteiger partial charge >= 0.3 is 5.97 Å². The van der Waals surface area contributed by atoms with Crippen LogP contribution >= 0.6 is 0 Å². The van der Waals surface area contributed by atoms with Gasteiger partial charge in [-0.2, -0.15) is 0 Å². The summed E-state index contributed by atoms with van der Waals surface area (Å²) in [7, 11) is 0. The first-order valence-electron chi connectivity index (χ1n) is 6.63. The van der Waals surface area contributed by atoms with E-state index in [1.54, 1.807) is 30.3 Å². The first-order valence-corrected chi connectivity index (χ1v) is 6.63. The van der Waals surface area contributed by atoms with Gasteiger partial charge in [-0.15, -0.1) is 0 Å². The molecule has 22 heavy (non-hydrogen) atoms. The van der Waals surface area contributed by atoms with Crippen LogP contribution in [0.1, 0.15) is 20.7 Å². The highest BCUT2D eigenvalue weighted by Gasteiger charge is 2.22. The summed E-state index contributed by atoms with van der Waals surface area (Å²) in [6, 6.07) is 9.86. The summed E-state index contributed by atoms with van der Waals surface area (Å²) >= 11 is 0. The second-order valence-electron chi connectivity index (χ2n) is 4.80. The summed E-state index contributed by atoms with van der Waals surface area (Å²) in [5.41, 5.74) is 6.94. The maximum Gasteiger partial charge on any atom is 0.339 e. The largest absolute Gasteiger partial charge is 0.486 e. The van der Waals surface area contributed by atoms with Crippen LogP contribution in [-0.4, -0.2) is 30.2 Å². The minimum absolute atomic E-state index is 0.0247. The number of carbonyl (C=O) groups excluding carboxylic acids is 1. The minimum atomic E-state index is -1.10. The highest BCUT2D eigenvalue weighted by atomic mass is 16.6. The van der Waals surface area contributed by atoms with E-state index in [0.29, 0.717) is 35.7 Å². The monoisotopic (exact) mass is 299 g/mol. The van der Waals surface area contributed by atoms with Gasteiger partial charge in [-0.3, -0.25) is 4.79 Å². The predicted octanol–water partition coefficient (Wildman–Crippen LogP) is 1.92. The smallest absolute Gasteiger partial charge is 0.339 e. The molecule has 0 atom stereocenters. The third-order valence-corrected chi connectivity index (χ3v) is 3.35. The fourth-order valence-corrected chi connectivity index (χ4v) is 2.33. The molecule has 2 aromatic rings. The molecule has 1 amide bonds. The molecule has 6 heteroatoms. The molecule has 0 aromatic heterocycles. The van der Waals surface area contributed by atoms with E-state index in [9.17, 15) is 14.7 Å². The molecule has 0 saturated carbocycles. The normalized spacial score (nSPS) is 12.7. The van der Waals surface area contributed by atoms with E-state index >= 15 is 0 Å². The molecule has 1 aliphatic heterocycles. The summed E-state index contributed by atoms with van der Waals surface area (Å²) in [4.78, 5) is 22.7. The number of ether oxygens (including phenoxy) is 2. The Hall–Kier alpha value is -3.02. The molecule has 6 nitrogen and oxygen atoms in total. The number of nitrogens with two attached hydrogens (primary N) is 1. The zero-order valence-corrected chi connectivity index (χ0v) is 11.5. The van der Waals surface area contributed by atoms with Gasteiger partial charge in [0.25, 0.3) is 0 Å². The van der Waals surface area contributed by atoms with E-state index in [1.165, 1.54) is 6.07 Å².